The van der Waals surface area contributed by atoms with Gasteiger partial charge in [-0.25, -0.2) is 0 Å². The van der Waals surface area contributed by atoms with E-state index in [4.69, 9.17) is 10.00 Å². The molecule has 120 valence electrons. The Labute approximate surface area is 143 Å². The van der Waals surface area contributed by atoms with E-state index in [1.54, 1.807) is 12.1 Å². The fraction of sp³-hybridized carbons (Fsp3) is 0.286. The molecule has 0 aromatic heterocycles. The van der Waals surface area contributed by atoms with Gasteiger partial charge in [-0.1, -0.05) is 24.0 Å². The highest BCUT2D eigenvalue weighted by Crippen LogP contribution is 2.15. The largest absolute Gasteiger partial charge is 0.489 e. The molecule has 24 heavy (non-hydrogen) atoms. The van der Waals surface area contributed by atoms with Gasteiger partial charge in [-0.05, 0) is 67.9 Å². The van der Waals surface area contributed by atoms with Crippen molar-refractivity contribution in [2.75, 3.05) is 13.1 Å². The van der Waals surface area contributed by atoms with E-state index in [1.807, 2.05) is 36.4 Å². The number of ether oxygens (including phenoxy) is 1. The highest BCUT2D eigenvalue weighted by Gasteiger charge is 2.09. The molecule has 1 fully saturated rings. The zero-order valence-corrected chi connectivity index (χ0v) is 13.6. The summed E-state index contributed by atoms with van der Waals surface area (Å²) < 4.78 is 5.78. The van der Waals surface area contributed by atoms with E-state index in [0.717, 1.165) is 42.8 Å². The maximum absolute atomic E-state index is 8.79. The average Bonchev–Trinajstić information content (AvgIpc) is 2.67. The molecule has 1 N–H and O–H groups in total. The van der Waals surface area contributed by atoms with Gasteiger partial charge in [0.1, 0.15) is 12.4 Å². The molecule has 0 amide bonds. The molecule has 1 aliphatic heterocycles. The van der Waals surface area contributed by atoms with Crippen LogP contribution in [-0.2, 0) is 6.61 Å². The molecule has 0 aliphatic carbocycles. The molecule has 0 unspecified atom stereocenters. The van der Waals surface area contributed by atoms with Crippen LogP contribution in [0.3, 0.4) is 0 Å². The first-order valence-corrected chi connectivity index (χ1v) is 8.27. The summed E-state index contributed by atoms with van der Waals surface area (Å²) in [5, 5.41) is 12.1. The number of hydrogen-bond donors (Lipinski definition) is 1. The Balaban J connectivity index is 1.54. The zero-order valence-electron chi connectivity index (χ0n) is 13.6. The van der Waals surface area contributed by atoms with Crippen molar-refractivity contribution < 1.29 is 4.74 Å². The smallest absolute Gasteiger partial charge is 0.119 e. The number of piperidine rings is 1. The molecular formula is C21H20N2O. The lowest BCUT2D eigenvalue weighted by Gasteiger charge is -2.17. The Kier molecular flexibility index (Phi) is 5.51. The van der Waals surface area contributed by atoms with Crippen molar-refractivity contribution in [3.05, 3.63) is 65.2 Å². The molecule has 0 spiro atoms. The molecule has 0 saturated carbocycles. The molecule has 1 aliphatic rings. The number of benzene rings is 2. The molecule has 1 heterocycles. The summed E-state index contributed by atoms with van der Waals surface area (Å²) >= 11 is 0. The predicted molar refractivity (Wildman–Crippen MR) is 94.4 cm³/mol. The summed E-state index contributed by atoms with van der Waals surface area (Å²) in [5.74, 6) is 7.97. The summed E-state index contributed by atoms with van der Waals surface area (Å²) in [4.78, 5) is 0. The summed E-state index contributed by atoms with van der Waals surface area (Å²) in [6.07, 6.45) is 2.28. The Morgan fingerprint density at radius 3 is 2.29 bits per heavy atom. The van der Waals surface area contributed by atoms with Crippen molar-refractivity contribution in [2.45, 2.75) is 19.4 Å². The van der Waals surface area contributed by atoms with Gasteiger partial charge in [-0.3, -0.25) is 0 Å². The molecule has 0 bridgehead atoms. The van der Waals surface area contributed by atoms with Crippen molar-refractivity contribution in [1.82, 2.24) is 5.32 Å². The standard InChI is InChI=1S/C21H20N2O/c22-15-19-3-5-20(6-4-19)16-24-21-9-7-17(8-10-21)1-2-18-11-13-23-14-12-18/h3-10,18,23H,11-14,16H2. The van der Waals surface area contributed by atoms with Crippen LogP contribution in [0, 0.1) is 29.1 Å². The number of nitrogens with one attached hydrogen (secondary N) is 1. The Bertz CT molecular complexity index is 755. The quantitative estimate of drug-likeness (QED) is 0.882. The van der Waals surface area contributed by atoms with E-state index in [2.05, 4.69) is 23.2 Å². The van der Waals surface area contributed by atoms with Gasteiger partial charge < -0.3 is 10.1 Å². The van der Waals surface area contributed by atoms with Crippen molar-refractivity contribution >= 4 is 0 Å². The molecule has 0 atom stereocenters. The second kappa shape index (κ2) is 8.20. The lowest BCUT2D eigenvalue weighted by Crippen LogP contribution is -2.26. The van der Waals surface area contributed by atoms with Crippen LogP contribution in [-0.4, -0.2) is 13.1 Å². The van der Waals surface area contributed by atoms with Crippen LogP contribution in [0.15, 0.2) is 48.5 Å². The normalized spacial score (nSPS) is 14.3. The number of nitrogens with zero attached hydrogens (tertiary/aromatic N) is 1. The third kappa shape index (κ3) is 4.62. The molecule has 3 nitrogen and oxygen atoms in total. The number of nitriles is 1. The van der Waals surface area contributed by atoms with Crippen molar-refractivity contribution in [2.24, 2.45) is 5.92 Å². The second-order valence-electron chi connectivity index (χ2n) is 5.92. The first-order valence-electron chi connectivity index (χ1n) is 8.27. The SMILES string of the molecule is N#Cc1ccc(COc2ccc(C#CC3CCNCC3)cc2)cc1. The van der Waals surface area contributed by atoms with E-state index in [-0.39, 0.29) is 0 Å². The summed E-state index contributed by atoms with van der Waals surface area (Å²) in [6.45, 7) is 2.63. The Hall–Kier alpha value is -2.75. The van der Waals surface area contributed by atoms with Gasteiger partial charge >= 0.3 is 0 Å². The summed E-state index contributed by atoms with van der Waals surface area (Å²) in [6, 6.07) is 17.5. The van der Waals surface area contributed by atoms with E-state index < -0.39 is 0 Å². The van der Waals surface area contributed by atoms with Gasteiger partial charge in [-0.15, -0.1) is 0 Å². The van der Waals surface area contributed by atoms with Crippen molar-refractivity contribution in [1.29, 1.82) is 5.26 Å². The topological polar surface area (TPSA) is 45.0 Å². The van der Waals surface area contributed by atoms with Gasteiger partial charge in [-0.2, -0.15) is 5.26 Å². The van der Waals surface area contributed by atoms with Crippen LogP contribution in [0.2, 0.25) is 0 Å². The molecule has 2 aromatic carbocycles. The number of rotatable bonds is 3. The van der Waals surface area contributed by atoms with Gasteiger partial charge in [0, 0.05) is 11.5 Å². The first kappa shape index (κ1) is 16.1. The molecule has 0 radical (unpaired) electrons. The average molecular weight is 316 g/mol. The maximum Gasteiger partial charge on any atom is 0.119 e. The molecule has 2 aromatic rings. The molecule has 3 rings (SSSR count). The van der Waals surface area contributed by atoms with Gasteiger partial charge in [0.25, 0.3) is 0 Å². The summed E-state index contributed by atoms with van der Waals surface area (Å²) in [5.41, 5.74) is 2.73. The number of hydrogen-bond acceptors (Lipinski definition) is 3. The van der Waals surface area contributed by atoms with Crippen molar-refractivity contribution in [3.8, 4) is 23.7 Å². The van der Waals surface area contributed by atoms with Gasteiger partial charge in [0.05, 0.1) is 11.6 Å². The zero-order chi connectivity index (χ0) is 16.6. The van der Waals surface area contributed by atoms with Crippen LogP contribution in [0.5, 0.6) is 5.75 Å². The lowest BCUT2D eigenvalue weighted by atomic mass is 9.98. The van der Waals surface area contributed by atoms with Crippen LogP contribution in [0.25, 0.3) is 0 Å². The van der Waals surface area contributed by atoms with E-state index in [0.29, 0.717) is 18.1 Å². The third-order valence-corrected chi connectivity index (χ3v) is 4.10. The Morgan fingerprint density at radius 1 is 0.958 bits per heavy atom. The lowest BCUT2D eigenvalue weighted by molar-refractivity contribution is 0.306. The fourth-order valence-corrected chi connectivity index (χ4v) is 2.63. The van der Waals surface area contributed by atoms with E-state index in [1.165, 1.54) is 0 Å². The van der Waals surface area contributed by atoms with Gasteiger partial charge in [0.15, 0.2) is 0 Å². The summed E-state index contributed by atoms with van der Waals surface area (Å²) in [7, 11) is 0. The maximum atomic E-state index is 8.79. The predicted octanol–water partition coefficient (Wildman–Crippen LogP) is 3.49. The highest BCUT2D eigenvalue weighted by molar-refractivity contribution is 5.39. The van der Waals surface area contributed by atoms with Crippen LogP contribution < -0.4 is 10.1 Å². The fourth-order valence-electron chi connectivity index (χ4n) is 2.63. The minimum absolute atomic E-state index is 0.492. The monoisotopic (exact) mass is 316 g/mol. The minimum atomic E-state index is 0.492. The van der Waals surface area contributed by atoms with Crippen LogP contribution in [0.1, 0.15) is 29.5 Å². The third-order valence-electron chi connectivity index (χ3n) is 4.10. The molecule has 3 heteroatoms. The Morgan fingerprint density at radius 2 is 1.62 bits per heavy atom. The molecular weight excluding hydrogens is 296 g/mol. The van der Waals surface area contributed by atoms with E-state index >= 15 is 0 Å². The minimum Gasteiger partial charge on any atom is -0.489 e. The van der Waals surface area contributed by atoms with Crippen LogP contribution >= 0.6 is 0 Å². The van der Waals surface area contributed by atoms with Crippen LogP contribution in [0.4, 0.5) is 0 Å². The first-order chi connectivity index (χ1) is 11.8. The highest BCUT2D eigenvalue weighted by atomic mass is 16.5. The van der Waals surface area contributed by atoms with E-state index in [9.17, 15) is 0 Å². The second-order valence-corrected chi connectivity index (χ2v) is 5.92. The van der Waals surface area contributed by atoms with Gasteiger partial charge in [0.2, 0.25) is 0 Å². The van der Waals surface area contributed by atoms with Crippen molar-refractivity contribution in [3.63, 3.8) is 0 Å². The molecule has 1 saturated heterocycles.